The maximum atomic E-state index is 13.0. The third kappa shape index (κ3) is 4.61. The molecule has 0 N–H and O–H groups in total. The maximum Gasteiger partial charge on any atom is 0.138 e. The molecule has 0 unspecified atom stereocenters. The van der Waals surface area contributed by atoms with Gasteiger partial charge in [-0.3, -0.25) is 0 Å². The average Bonchev–Trinajstić information content (AvgIpc) is 2.34. The van der Waals surface area contributed by atoms with Crippen LogP contribution < -0.4 is 0 Å². The lowest BCUT2D eigenvalue weighted by molar-refractivity contribution is 0.624. The predicted octanol–water partition coefficient (Wildman–Crippen LogP) is 4.42. The van der Waals surface area contributed by atoms with Crippen LogP contribution in [0.1, 0.15) is 31.9 Å². The average molecular weight is 216 g/mol. The Morgan fingerprint density at radius 2 is 1.94 bits per heavy atom. The summed E-state index contributed by atoms with van der Waals surface area (Å²) in [5, 5.41) is 0. The van der Waals surface area contributed by atoms with Crippen LogP contribution in [0.4, 0.5) is 4.39 Å². The van der Waals surface area contributed by atoms with Gasteiger partial charge in [-0.05, 0) is 24.6 Å². The molecule has 0 nitrogen and oxygen atoms in total. The summed E-state index contributed by atoms with van der Waals surface area (Å²) in [7, 11) is 0. The van der Waals surface area contributed by atoms with Crippen molar-refractivity contribution >= 4 is 6.08 Å². The number of benzene rings is 1. The Morgan fingerprint density at radius 3 is 2.50 bits per heavy atom. The van der Waals surface area contributed by atoms with E-state index in [-0.39, 0.29) is 5.82 Å². The first-order valence-electron chi connectivity index (χ1n) is 5.33. The number of hydrogen-bond donors (Lipinski definition) is 0. The predicted molar refractivity (Wildman–Crippen MR) is 69.5 cm³/mol. The van der Waals surface area contributed by atoms with Gasteiger partial charge in [0.1, 0.15) is 5.82 Å². The fourth-order valence-corrected chi connectivity index (χ4v) is 1.03. The molecule has 0 aliphatic rings. The van der Waals surface area contributed by atoms with E-state index in [0.29, 0.717) is 5.56 Å². The highest BCUT2D eigenvalue weighted by Crippen LogP contribution is 2.10. The normalized spacial score (nSPS) is 9.94. The van der Waals surface area contributed by atoms with E-state index in [0.717, 1.165) is 5.56 Å². The summed E-state index contributed by atoms with van der Waals surface area (Å²) in [6.07, 6.45) is 12.7. The smallest absolute Gasteiger partial charge is 0.138 e. The molecule has 0 aliphatic carbocycles. The van der Waals surface area contributed by atoms with Crippen LogP contribution >= 0.6 is 0 Å². The standard InChI is InChI=1S/C13H11F.C2H6/c1-3-5-6-7-11-8-9-13(14)12(4-2)10-11;1-2/h2-3,5-10H,1H3;1-2H3/b5-3+,7-6-;. The second kappa shape index (κ2) is 8.49. The summed E-state index contributed by atoms with van der Waals surface area (Å²) in [5.74, 6) is 1.95. The van der Waals surface area contributed by atoms with Gasteiger partial charge in [-0.25, -0.2) is 4.39 Å². The second-order valence-electron chi connectivity index (χ2n) is 2.77. The van der Waals surface area contributed by atoms with Gasteiger partial charge >= 0.3 is 0 Å². The van der Waals surface area contributed by atoms with E-state index < -0.39 is 0 Å². The van der Waals surface area contributed by atoms with Gasteiger partial charge < -0.3 is 0 Å². The van der Waals surface area contributed by atoms with Crippen molar-refractivity contribution in [3.63, 3.8) is 0 Å². The lowest BCUT2D eigenvalue weighted by atomic mass is 10.1. The fourth-order valence-electron chi connectivity index (χ4n) is 1.03. The van der Waals surface area contributed by atoms with E-state index in [1.165, 1.54) is 6.07 Å². The van der Waals surface area contributed by atoms with Crippen LogP contribution in [-0.4, -0.2) is 0 Å². The summed E-state index contributed by atoms with van der Waals surface area (Å²) >= 11 is 0. The van der Waals surface area contributed by atoms with Crippen LogP contribution in [-0.2, 0) is 0 Å². The lowest BCUT2D eigenvalue weighted by Crippen LogP contribution is -1.83. The highest BCUT2D eigenvalue weighted by atomic mass is 19.1. The first kappa shape index (κ1) is 14.2. The highest BCUT2D eigenvalue weighted by Gasteiger charge is 1.97. The molecule has 0 aliphatic heterocycles. The first-order valence-corrected chi connectivity index (χ1v) is 5.33. The van der Waals surface area contributed by atoms with E-state index in [2.05, 4.69) is 5.92 Å². The Kier molecular flexibility index (Phi) is 7.53. The Balaban J connectivity index is 0.00000106. The molecule has 1 aromatic rings. The zero-order valence-electron chi connectivity index (χ0n) is 10.00. The van der Waals surface area contributed by atoms with Gasteiger partial charge in [0, 0.05) is 0 Å². The topological polar surface area (TPSA) is 0 Å². The third-order valence-electron chi connectivity index (χ3n) is 1.74. The van der Waals surface area contributed by atoms with Crippen molar-refractivity contribution < 1.29 is 4.39 Å². The summed E-state index contributed by atoms with van der Waals surface area (Å²) in [6, 6.07) is 4.72. The van der Waals surface area contributed by atoms with Crippen LogP contribution in [0, 0.1) is 18.2 Å². The van der Waals surface area contributed by atoms with Crippen LogP contribution in [0.15, 0.2) is 36.4 Å². The number of allylic oxidation sites excluding steroid dienone is 3. The quantitative estimate of drug-likeness (QED) is 0.507. The van der Waals surface area contributed by atoms with Crippen LogP contribution in [0.5, 0.6) is 0 Å². The molecular formula is C15H17F. The molecular weight excluding hydrogens is 199 g/mol. The molecule has 1 heteroatoms. The monoisotopic (exact) mass is 216 g/mol. The molecule has 0 bridgehead atoms. The van der Waals surface area contributed by atoms with Gasteiger partial charge in [-0.2, -0.15) is 0 Å². The molecule has 0 atom stereocenters. The Hall–Kier alpha value is -1.81. The van der Waals surface area contributed by atoms with Crippen molar-refractivity contribution in [3.05, 3.63) is 53.4 Å². The Bertz CT molecular complexity index is 406. The molecule has 0 saturated carbocycles. The van der Waals surface area contributed by atoms with Crippen molar-refractivity contribution in [2.75, 3.05) is 0 Å². The number of terminal acetylenes is 1. The molecule has 0 radical (unpaired) electrons. The van der Waals surface area contributed by atoms with Crippen LogP contribution in [0.3, 0.4) is 0 Å². The zero-order valence-corrected chi connectivity index (χ0v) is 10.00. The zero-order chi connectivity index (χ0) is 12.4. The number of rotatable bonds is 2. The van der Waals surface area contributed by atoms with Gasteiger partial charge in [0.15, 0.2) is 0 Å². The molecule has 0 heterocycles. The summed E-state index contributed by atoms with van der Waals surface area (Å²) in [6.45, 7) is 5.93. The van der Waals surface area contributed by atoms with Crippen LogP contribution in [0.2, 0.25) is 0 Å². The fraction of sp³-hybridized carbons (Fsp3) is 0.200. The van der Waals surface area contributed by atoms with E-state index in [1.54, 1.807) is 12.1 Å². The van der Waals surface area contributed by atoms with Gasteiger partial charge in [-0.1, -0.05) is 50.1 Å². The number of halogens is 1. The van der Waals surface area contributed by atoms with E-state index >= 15 is 0 Å². The molecule has 0 saturated heterocycles. The molecule has 1 rings (SSSR count). The minimum absolute atomic E-state index is 0.299. The third-order valence-corrected chi connectivity index (χ3v) is 1.74. The Morgan fingerprint density at radius 1 is 1.25 bits per heavy atom. The molecule has 16 heavy (non-hydrogen) atoms. The minimum atomic E-state index is -0.351. The summed E-state index contributed by atoms with van der Waals surface area (Å²) in [5.41, 5.74) is 1.20. The summed E-state index contributed by atoms with van der Waals surface area (Å²) in [4.78, 5) is 0. The molecule has 0 fully saturated rings. The minimum Gasteiger partial charge on any atom is -0.206 e. The van der Waals surface area contributed by atoms with Crippen LogP contribution in [0.25, 0.3) is 6.08 Å². The van der Waals surface area contributed by atoms with E-state index in [9.17, 15) is 4.39 Å². The summed E-state index contributed by atoms with van der Waals surface area (Å²) < 4.78 is 13.0. The molecule has 1 aromatic carbocycles. The van der Waals surface area contributed by atoms with Gasteiger partial charge in [0.2, 0.25) is 0 Å². The Labute approximate surface area is 97.5 Å². The SMILES string of the molecule is C#Cc1cc(/C=C\C=C\C)ccc1F.CC. The van der Waals surface area contributed by atoms with Crippen molar-refractivity contribution in [3.8, 4) is 12.3 Å². The molecule has 0 amide bonds. The lowest BCUT2D eigenvalue weighted by Gasteiger charge is -1.96. The molecule has 84 valence electrons. The van der Waals surface area contributed by atoms with Crippen molar-refractivity contribution in [2.24, 2.45) is 0 Å². The number of hydrogen-bond acceptors (Lipinski definition) is 0. The second-order valence-corrected chi connectivity index (χ2v) is 2.77. The van der Waals surface area contributed by atoms with Crippen molar-refractivity contribution in [1.29, 1.82) is 0 Å². The molecule has 0 aromatic heterocycles. The maximum absolute atomic E-state index is 13.0. The highest BCUT2D eigenvalue weighted by molar-refractivity contribution is 5.54. The van der Waals surface area contributed by atoms with E-state index in [4.69, 9.17) is 6.42 Å². The molecule has 0 spiro atoms. The first-order chi connectivity index (χ1) is 7.77. The largest absolute Gasteiger partial charge is 0.206 e. The van der Waals surface area contributed by atoms with Gasteiger partial charge in [0.05, 0.1) is 5.56 Å². The van der Waals surface area contributed by atoms with Crippen molar-refractivity contribution in [1.82, 2.24) is 0 Å². The van der Waals surface area contributed by atoms with Crippen molar-refractivity contribution in [2.45, 2.75) is 20.8 Å². The van der Waals surface area contributed by atoms with Gasteiger partial charge in [-0.15, -0.1) is 6.42 Å². The van der Waals surface area contributed by atoms with E-state index in [1.807, 2.05) is 45.1 Å². The van der Waals surface area contributed by atoms with Gasteiger partial charge in [0.25, 0.3) is 0 Å².